The van der Waals surface area contributed by atoms with Gasteiger partial charge in [0.2, 0.25) is 0 Å². The van der Waals surface area contributed by atoms with Crippen molar-refractivity contribution in [2.24, 2.45) is 17.2 Å². The molecule has 0 bridgehead atoms. The fourth-order valence-electron chi connectivity index (χ4n) is 4.70. The van der Waals surface area contributed by atoms with Crippen molar-refractivity contribution in [3.8, 4) is 0 Å². The molecule has 2 saturated heterocycles. The summed E-state index contributed by atoms with van der Waals surface area (Å²) in [6.45, 7) is -0.718. The van der Waals surface area contributed by atoms with Gasteiger partial charge in [-0.1, -0.05) is 0 Å². The number of hydrogen-bond acceptors (Lipinski definition) is 14. The third kappa shape index (κ3) is 6.60. The lowest BCUT2D eigenvalue weighted by Gasteiger charge is -2.42. The number of hydrogen-bond donors (Lipinski definition) is 10. The van der Waals surface area contributed by atoms with E-state index in [4.69, 9.17) is 41.3 Å². The van der Waals surface area contributed by atoms with E-state index in [1.165, 1.54) is 0 Å². The lowest BCUT2D eigenvalue weighted by molar-refractivity contribution is -0.280. The second kappa shape index (κ2) is 12.6. The third-order valence-electron chi connectivity index (χ3n) is 6.62. The zero-order valence-corrected chi connectivity index (χ0v) is 19.0. The Labute approximate surface area is 197 Å². The number of nitrogens with one attached hydrogen (secondary N) is 1. The predicted molar refractivity (Wildman–Crippen MR) is 116 cm³/mol. The van der Waals surface area contributed by atoms with Crippen molar-refractivity contribution in [2.45, 2.75) is 98.8 Å². The molecule has 13 N–H and O–H groups in total. The summed E-state index contributed by atoms with van der Waals surface area (Å²) in [7, 11) is 0. The number of ether oxygens (including phenoxy) is 4. The first kappa shape index (κ1) is 28.0. The molecule has 0 aromatic heterocycles. The van der Waals surface area contributed by atoms with Crippen molar-refractivity contribution < 1.29 is 49.6 Å². The van der Waals surface area contributed by atoms with Crippen LogP contribution >= 0.6 is 0 Å². The SMILES string of the molecule is NCC1OC(OC2C(CO)OC(OC3CC(N)CC(NCC(O)CO)C3)C2O)C(N)C(O)C1O. The van der Waals surface area contributed by atoms with Crippen LogP contribution in [0.2, 0.25) is 0 Å². The van der Waals surface area contributed by atoms with Gasteiger partial charge in [0.25, 0.3) is 0 Å². The summed E-state index contributed by atoms with van der Waals surface area (Å²) in [5.41, 5.74) is 17.7. The fourth-order valence-corrected chi connectivity index (χ4v) is 4.70. The lowest BCUT2D eigenvalue weighted by Crippen LogP contribution is -2.64. The minimum atomic E-state index is -1.36. The Bertz CT molecular complexity index is 622. The van der Waals surface area contributed by atoms with Crippen LogP contribution in [0.15, 0.2) is 0 Å². The molecule has 0 radical (unpaired) electrons. The van der Waals surface area contributed by atoms with Gasteiger partial charge in [-0.3, -0.25) is 0 Å². The summed E-state index contributed by atoms with van der Waals surface area (Å²) >= 11 is 0. The van der Waals surface area contributed by atoms with Gasteiger partial charge in [-0.05, 0) is 19.3 Å². The molecule has 2 heterocycles. The van der Waals surface area contributed by atoms with Crippen LogP contribution in [0.3, 0.4) is 0 Å². The standard InChI is InChI=1S/C20H40N4O10/c21-4-12-15(28)16(29)14(23)19(32-12)34-18-13(7-26)33-20(17(18)30)31-11-2-8(22)1-9(3-11)24-5-10(27)6-25/h8-20,24-30H,1-7,21-23H2. The Balaban J connectivity index is 1.60. The zero-order valence-electron chi connectivity index (χ0n) is 19.0. The van der Waals surface area contributed by atoms with E-state index in [0.29, 0.717) is 19.3 Å². The van der Waals surface area contributed by atoms with Gasteiger partial charge in [0.15, 0.2) is 12.6 Å². The largest absolute Gasteiger partial charge is 0.394 e. The molecule has 3 fully saturated rings. The normalized spacial score (nSPS) is 46.5. The maximum Gasteiger partial charge on any atom is 0.186 e. The molecular weight excluding hydrogens is 456 g/mol. The van der Waals surface area contributed by atoms with E-state index in [9.17, 15) is 25.5 Å². The summed E-state index contributed by atoms with van der Waals surface area (Å²) in [4.78, 5) is 0. The quantitative estimate of drug-likeness (QED) is 0.135. The van der Waals surface area contributed by atoms with Crippen LogP contribution in [-0.4, -0.2) is 136 Å². The van der Waals surface area contributed by atoms with Crippen LogP contribution in [0.25, 0.3) is 0 Å². The fraction of sp³-hybridized carbons (Fsp3) is 1.00. The molecule has 3 aliphatic rings. The lowest BCUT2D eigenvalue weighted by atomic mass is 9.89. The average Bonchev–Trinajstić information content (AvgIpc) is 3.11. The highest BCUT2D eigenvalue weighted by atomic mass is 16.7. The molecule has 2 aliphatic heterocycles. The van der Waals surface area contributed by atoms with Crippen LogP contribution in [0.5, 0.6) is 0 Å². The molecule has 0 amide bonds. The highest BCUT2D eigenvalue weighted by molar-refractivity contribution is 4.95. The van der Waals surface area contributed by atoms with Crippen LogP contribution in [-0.2, 0) is 18.9 Å². The monoisotopic (exact) mass is 496 g/mol. The van der Waals surface area contributed by atoms with Gasteiger partial charge in [0, 0.05) is 25.2 Å². The van der Waals surface area contributed by atoms with E-state index in [0.717, 1.165) is 0 Å². The summed E-state index contributed by atoms with van der Waals surface area (Å²) in [6.07, 6.45) is -8.80. The predicted octanol–water partition coefficient (Wildman–Crippen LogP) is -5.61. The minimum absolute atomic E-state index is 0.0658. The van der Waals surface area contributed by atoms with Gasteiger partial charge in [-0.2, -0.15) is 0 Å². The Kier molecular flexibility index (Phi) is 10.4. The van der Waals surface area contributed by atoms with Gasteiger partial charge in [0.05, 0.1) is 31.5 Å². The van der Waals surface area contributed by atoms with E-state index in [1.807, 2.05) is 0 Å². The van der Waals surface area contributed by atoms with E-state index >= 15 is 0 Å². The Hall–Kier alpha value is -0.560. The van der Waals surface area contributed by atoms with Crippen molar-refractivity contribution in [1.82, 2.24) is 5.32 Å². The Morgan fingerprint density at radius 3 is 2.26 bits per heavy atom. The summed E-state index contributed by atoms with van der Waals surface area (Å²) < 4.78 is 23.0. The number of aliphatic hydroxyl groups is 6. The molecule has 0 aromatic rings. The molecular formula is C20H40N4O10. The van der Waals surface area contributed by atoms with Crippen molar-refractivity contribution in [2.75, 3.05) is 26.3 Å². The van der Waals surface area contributed by atoms with E-state index < -0.39 is 68.0 Å². The molecule has 1 aliphatic carbocycles. The van der Waals surface area contributed by atoms with Crippen LogP contribution in [0.4, 0.5) is 0 Å². The third-order valence-corrected chi connectivity index (χ3v) is 6.62. The van der Waals surface area contributed by atoms with Gasteiger partial charge in [0.1, 0.15) is 36.6 Å². The number of nitrogens with two attached hydrogens (primary N) is 3. The van der Waals surface area contributed by atoms with Gasteiger partial charge in [-0.15, -0.1) is 0 Å². The second-order valence-electron chi connectivity index (χ2n) is 9.32. The number of rotatable bonds is 10. The van der Waals surface area contributed by atoms with Gasteiger partial charge >= 0.3 is 0 Å². The smallest absolute Gasteiger partial charge is 0.186 e. The topological polar surface area (TPSA) is 248 Å². The van der Waals surface area contributed by atoms with E-state index in [1.54, 1.807) is 0 Å². The van der Waals surface area contributed by atoms with E-state index in [2.05, 4.69) is 5.32 Å². The molecule has 13 atom stereocenters. The van der Waals surface area contributed by atoms with Crippen molar-refractivity contribution in [3.05, 3.63) is 0 Å². The first-order valence-electron chi connectivity index (χ1n) is 11.7. The van der Waals surface area contributed by atoms with Crippen molar-refractivity contribution >= 4 is 0 Å². The number of aliphatic hydroxyl groups excluding tert-OH is 6. The molecule has 0 spiro atoms. The summed E-state index contributed by atoms with van der Waals surface area (Å²) in [5, 5.41) is 62.5. The van der Waals surface area contributed by atoms with Crippen molar-refractivity contribution in [3.63, 3.8) is 0 Å². The average molecular weight is 497 g/mol. The van der Waals surface area contributed by atoms with Crippen molar-refractivity contribution in [1.29, 1.82) is 0 Å². The molecule has 1 saturated carbocycles. The maximum absolute atomic E-state index is 10.9. The molecule has 200 valence electrons. The molecule has 3 rings (SSSR count). The Morgan fingerprint density at radius 2 is 1.62 bits per heavy atom. The maximum atomic E-state index is 10.9. The molecule has 14 heteroatoms. The molecule has 34 heavy (non-hydrogen) atoms. The zero-order chi connectivity index (χ0) is 25.0. The molecule has 14 nitrogen and oxygen atoms in total. The first-order chi connectivity index (χ1) is 16.2. The van der Waals surface area contributed by atoms with Crippen LogP contribution in [0, 0.1) is 0 Å². The van der Waals surface area contributed by atoms with Gasteiger partial charge < -0.3 is 72.1 Å². The Morgan fingerprint density at radius 1 is 0.912 bits per heavy atom. The minimum Gasteiger partial charge on any atom is -0.394 e. The summed E-state index contributed by atoms with van der Waals surface area (Å²) in [5.74, 6) is 0. The second-order valence-corrected chi connectivity index (χ2v) is 9.32. The van der Waals surface area contributed by atoms with Crippen LogP contribution in [0.1, 0.15) is 19.3 Å². The molecule has 13 unspecified atom stereocenters. The highest BCUT2D eigenvalue weighted by Crippen LogP contribution is 2.32. The first-order valence-corrected chi connectivity index (χ1v) is 11.7. The van der Waals surface area contributed by atoms with Crippen LogP contribution < -0.4 is 22.5 Å². The summed E-state index contributed by atoms with van der Waals surface area (Å²) in [6, 6.07) is -1.37. The molecule has 0 aromatic carbocycles. The highest BCUT2D eigenvalue weighted by Gasteiger charge is 2.50. The van der Waals surface area contributed by atoms with E-state index in [-0.39, 0.29) is 37.9 Å². The van der Waals surface area contributed by atoms with Gasteiger partial charge in [-0.25, -0.2) is 0 Å².